The maximum Gasteiger partial charge on any atom is 0.322 e. The highest BCUT2D eigenvalue weighted by molar-refractivity contribution is 5.83. The van der Waals surface area contributed by atoms with E-state index in [9.17, 15) is 14.7 Å². The predicted octanol–water partition coefficient (Wildman–Crippen LogP) is 0.239. The number of carboxylic acid groups (broad SMARTS) is 1. The number of hydrogen-bond acceptors (Lipinski definition) is 4. The van der Waals surface area contributed by atoms with Crippen molar-refractivity contribution in [1.29, 1.82) is 0 Å². The van der Waals surface area contributed by atoms with Gasteiger partial charge < -0.3 is 10.4 Å². The van der Waals surface area contributed by atoms with E-state index < -0.39 is 12.0 Å². The third-order valence-electron chi connectivity index (χ3n) is 3.64. The normalized spacial score (nSPS) is 21.5. The average Bonchev–Trinajstić information content (AvgIpc) is 2.86. The van der Waals surface area contributed by atoms with Crippen LogP contribution in [-0.4, -0.2) is 50.8 Å². The first-order chi connectivity index (χ1) is 9.51. The molecule has 2 unspecified atom stereocenters. The second kappa shape index (κ2) is 6.04. The minimum absolute atomic E-state index is 0.0904. The first-order valence-electron chi connectivity index (χ1n) is 6.78. The van der Waals surface area contributed by atoms with Crippen LogP contribution >= 0.6 is 0 Å². The number of hydrogen-bond donors (Lipinski definition) is 2. The summed E-state index contributed by atoms with van der Waals surface area (Å²) >= 11 is 0. The lowest BCUT2D eigenvalue weighted by atomic mass is 10.2. The molecule has 2 atom stereocenters. The molecule has 0 spiro atoms. The molecule has 1 fully saturated rings. The number of nitrogens with one attached hydrogen (secondary N) is 1. The van der Waals surface area contributed by atoms with Gasteiger partial charge in [-0.25, -0.2) is 0 Å². The van der Waals surface area contributed by atoms with Crippen molar-refractivity contribution in [2.45, 2.75) is 38.9 Å². The van der Waals surface area contributed by atoms with Gasteiger partial charge in [0.05, 0.1) is 12.2 Å². The van der Waals surface area contributed by atoms with Crippen molar-refractivity contribution in [3.05, 3.63) is 18.0 Å². The Labute approximate surface area is 117 Å². The van der Waals surface area contributed by atoms with Crippen LogP contribution in [0.3, 0.4) is 0 Å². The lowest BCUT2D eigenvalue weighted by Crippen LogP contribution is -2.57. The van der Waals surface area contributed by atoms with E-state index in [-0.39, 0.29) is 19.0 Å². The van der Waals surface area contributed by atoms with E-state index in [4.69, 9.17) is 0 Å². The smallest absolute Gasteiger partial charge is 0.322 e. The number of piperazine rings is 1. The molecule has 1 aliphatic heterocycles. The molecule has 2 rings (SSSR count). The Kier molecular flexibility index (Phi) is 4.39. The number of rotatable bonds is 5. The summed E-state index contributed by atoms with van der Waals surface area (Å²) < 4.78 is 1.87. The summed E-state index contributed by atoms with van der Waals surface area (Å²) in [7, 11) is 0. The van der Waals surface area contributed by atoms with Crippen molar-refractivity contribution in [2.24, 2.45) is 0 Å². The highest BCUT2D eigenvalue weighted by atomic mass is 16.4. The van der Waals surface area contributed by atoms with Crippen LogP contribution in [-0.2, 0) is 16.1 Å². The maximum absolute atomic E-state index is 11.4. The Morgan fingerprint density at radius 1 is 1.65 bits per heavy atom. The van der Waals surface area contributed by atoms with Crippen LogP contribution in [0.2, 0.25) is 0 Å². The second-order valence-corrected chi connectivity index (χ2v) is 5.11. The monoisotopic (exact) mass is 280 g/mol. The number of aliphatic carboxylic acids is 1. The first-order valence-corrected chi connectivity index (χ1v) is 6.78. The highest BCUT2D eigenvalue weighted by Crippen LogP contribution is 2.13. The standard InChI is InChI=1S/C13H20N4O3/c1-3-9(2)17-5-4-10(15-17)7-16-8-12(18)14-6-11(16)13(19)20/h4-5,9,11H,3,6-8H2,1-2H3,(H,14,18)(H,19,20). The van der Waals surface area contributed by atoms with Crippen LogP contribution in [0, 0.1) is 0 Å². The van der Waals surface area contributed by atoms with E-state index in [0.717, 1.165) is 12.1 Å². The number of carbonyl (C=O) groups excluding carboxylic acids is 1. The zero-order chi connectivity index (χ0) is 14.7. The molecular weight excluding hydrogens is 260 g/mol. The van der Waals surface area contributed by atoms with Gasteiger partial charge in [0.25, 0.3) is 0 Å². The van der Waals surface area contributed by atoms with Crippen LogP contribution in [0.4, 0.5) is 0 Å². The summed E-state index contributed by atoms with van der Waals surface area (Å²) in [5.74, 6) is -1.07. The minimum Gasteiger partial charge on any atom is -0.480 e. The van der Waals surface area contributed by atoms with E-state index >= 15 is 0 Å². The maximum atomic E-state index is 11.4. The lowest BCUT2D eigenvalue weighted by molar-refractivity contribution is -0.146. The van der Waals surface area contributed by atoms with E-state index in [0.29, 0.717) is 12.6 Å². The fourth-order valence-electron chi connectivity index (χ4n) is 2.20. The first kappa shape index (κ1) is 14.5. The third kappa shape index (κ3) is 3.16. The molecule has 0 bridgehead atoms. The summed E-state index contributed by atoms with van der Waals surface area (Å²) in [5, 5.41) is 16.2. The van der Waals surface area contributed by atoms with E-state index in [1.165, 1.54) is 0 Å². The molecule has 1 aromatic rings. The quantitative estimate of drug-likeness (QED) is 0.806. The van der Waals surface area contributed by atoms with Crippen LogP contribution in [0.5, 0.6) is 0 Å². The van der Waals surface area contributed by atoms with Gasteiger partial charge in [0.15, 0.2) is 0 Å². The van der Waals surface area contributed by atoms with Gasteiger partial charge >= 0.3 is 5.97 Å². The molecule has 1 saturated heterocycles. The molecule has 7 nitrogen and oxygen atoms in total. The Balaban J connectivity index is 2.08. The van der Waals surface area contributed by atoms with Gasteiger partial charge in [0, 0.05) is 25.3 Å². The number of carboxylic acids is 1. The fraction of sp³-hybridized carbons (Fsp3) is 0.615. The van der Waals surface area contributed by atoms with Gasteiger partial charge in [-0.15, -0.1) is 0 Å². The van der Waals surface area contributed by atoms with E-state index in [2.05, 4.69) is 24.3 Å². The zero-order valence-electron chi connectivity index (χ0n) is 11.7. The summed E-state index contributed by atoms with van der Waals surface area (Å²) in [6.07, 6.45) is 2.87. The third-order valence-corrected chi connectivity index (χ3v) is 3.64. The summed E-state index contributed by atoms with van der Waals surface area (Å²) in [4.78, 5) is 24.3. The average molecular weight is 280 g/mol. The van der Waals surface area contributed by atoms with Gasteiger partial charge in [0.2, 0.25) is 5.91 Å². The number of carbonyl (C=O) groups is 2. The molecule has 110 valence electrons. The van der Waals surface area contributed by atoms with Crippen molar-refractivity contribution in [3.8, 4) is 0 Å². The van der Waals surface area contributed by atoms with Gasteiger partial charge in [-0.1, -0.05) is 6.92 Å². The van der Waals surface area contributed by atoms with Crippen molar-refractivity contribution in [2.75, 3.05) is 13.1 Å². The van der Waals surface area contributed by atoms with Crippen LogP contribution in [0.15, 0.2) is 12.3 Å². The largest absolute Gasteiger partial charge is 0.480 e. The van der Waals surface area contributed by atoms with Gasteiger partial charge in [0.1, 0.15) is 6.04 Å². The molecular formula is C13H20N4O3. The van der Waals surface area contributed by atoms with Crippen molar-refractivity contribution < 1.29 is 14.7 Å². The molecule has 1 amide bonds. The summed E-state index contributed by atoms with van der Waals surface area (Å²) in [5.41, 5.74) is 0.784. The molecule has 1 aliphatic rings. The Morgan fingerprint density at radius 2 is 2.40 bits per heavy atom. The van der Waals surface area contributed by atoms with E-state index in [1.54, 1.807) is 4.90 Å². The molecule has 20 heavy (non-hydrogen) atoms. The minimum atomic E-state index is -0.925. The Morgan fingerprint density at radius 3 is 3.05 bits per heavy atom. The number of nitrogens with zero attached hydrogens (tertiary/aromatic N) is 3. The number of amides is 1. The molecule has 7 heteroatoms. The molecule has 0 aromatic carbocycles. The van der Waals surface area contributed by atoms with Crippen molar-refractivity contribution >= 4 is 11.9 Å². The predicted molar refractivity (Wildman–Crippen MR) is 72.1 cm³/mol. The van der Waals surface area contributed by atoms with Crippen LogP contribution < -0.4 is 5.32 Å². The topological polar surface area (TPSA) is 87.5 Å². The Hall–Kier alpha value is -1.89. The molecule has 2 N–H and O–H groups in total. The van der Waals surface area contributed by atoms with Gasteiger partial charge in [-0.3, -0.25) is 19.2 Å². The summed E-state index contributed by atoms with van der Waals surface area (Å²) in [6, 6.07) is 1.49. The van der Waals surface area contributed by atoms with Crippen LogP contribution in [0.25, 0.3) is 0 Å². The SMILES string of the molecule is CCC(C)n1ccc(CN2CC(=O)NCC2C(=O)O)n1. The molecule has 2 heterocycles. The van der Waals surface area contributed by atoms with Crippen molar-refractivity contribution in [1.82, 2.24) is 20.0 Å². The molecule has 0 saturated carbocycles. The van der Waals surface area contributed by atoms with Gasteiger partial charge in [-0.2, -0.15) is 5.10 Å². The fourth-order valence-corrected chi connectivity index (χ4v) is 2.20. The molecule has 1 aromatic heterocycles. The molecule has 0 radical (unpaired) electrons. The Bertz CT molecular complexity index is 500. The van der Waals surface area contributed by atoms with Crippen molar-refractivity contribution in [3.63, 3.8) is 0 Å². The lowest BCUT2D eigenvalue weighted by Gasteiger charge is -2.31. The highest BCUT2D eigenvalue weighted by Gasteiger charge is 2.32. The van der Waals surface area contributed by atoms with E-state index in [1.807, 2.05) is 16.9 Å². The molecule has 0 aliphatic carbocycles. The number of aromatic nitrogens is 2. The summed E-state index contributed by atoms with van der Waals surface area (Å²) in [6.45, 7) is 4.76. The second-order valence-electron chi connectivity index (χ2n) is 5.11. The van der Waals surface area contributed by atoms with Crippen LogP contribution in [0.1, 0.15) is 32.0 Å². The zero-order valence-corrected chi connectivity index (χ0v) is 11.7. The van der Waals surface area contributed by atoms with Gasteiger partial charge in [-0.05, 0) is 19.4 Å².